The molecule has 0 spiro atoms. The van der Waals surface area contributed by atoms with E-state index in [4.69, 9.17) is 0 Å². The number of ketones is 1. The largest absolute Gasteiger partial charge is 0.389 e. The van der Waals surface area contributed by atoms with Gasteiger partial charge in [-0.25, -0.2) is 0 Å². The molecule has 0 saturated heterocycles. The van der Waals surface area contributed by atoms with E-state index in [0.29, 0.717) is 6.42 Å². The minimum atomic E-state index is -0.858. The quantitative estimate of drug-likeness (QED) is 0.622. The smallest absolute Gasteiger partial charge is 0.161 e. The normalized spacial score (nSPS) is 30.2. The van der Waals surface area contributed by atoms with Crippen LogP contribution in [0.5, 0.6) is 0 Å². The standard InChI is InChI=1S/C11H18O2/c1-8-5-6-11(13,7-9(8)12)10(2,3)4/h5,13H,6-7H2,1-4H3. The highest BCUT2D eigenvalue weighted by molar-refractivity contribution is 5.96. The van der Waals surface area contributed by atoms with E-state index in [2.05, 4.69) is 0 Å². The van der Waals surface area contributed by atoms with Crippen LogP contribution in [0.4, 0.5) is 0 Å². The van der Waals surface area contributed by atoms with Crippen LogP contribution in [-0.4, -0.2) is 16.5 Å². The Hall–Kier alpha value is -0.630. The van der Waals surface area contributed by atoms with Gasteiger partial charge in [0.25, 0.3) is 0 Å². The summed E-state index contributed by atoms with van der Waals surface area (Å²) in [6, 6.07) is 0. The molecule has 0 aromatic carbocycles. The predicted molar refractivity (Wildman–Crippen MR) is 52.4 cm³/mol. The molecule has 0 fully saturated rings. The van der Waals surface area contributed by atoms with Crippen LogP contribution in [0.3, 0.4) is 0 Å². The van der Waals surface area contributed by atoms with E-state index in [0.717, 1.165) is 5.57 Å². The lowest BCUT2D eigenvalue weighted by Crippen LogP contribution is -2.46. The Labute approximate surface area is 79.6 Å². The maximum absolute atomic E-state index is 11.4. The number of hydrogen-bond acceptors (Lipinski definition) is 2. The Morgan fingerprint density at radius 3 is 2.38 bits per heavy atom. The van der Waals surface area contributed by atoms with E-state index >= 15 is 0 Å². The van der Waals surface area contributed by atoms with Gasteiger partial charge in [-0.1, -0.05) is 26.8 Å². The number of hydrogen-bond donors (Lipinski definition) is 1. The predicted octanol–water partition coefficient (Wildman–Crippen LogP) is 2.07. The highest BCUT2D eigenvalue weighted by Crippen LogP contribution is 2.39. The average molecular weight is 182 g/mol. The van der Waals surface area contributed by atoms with E-state index in [9.17, 15) is 9.90 Å². The minimum Gasteiger partial charge on any atom is -0.389 e. The van der Waals surface area contributed by atoms with Gasteiger partial charge in [0.15, 0.2) is 5.78 Å². The first-order chi connectivity index (χ1) is 5.76. The first-order valence-corrected chi connectivity index (χ1v) is 4.69. The molecule has 1 rings (SSSR count). The second-order valence-electron chi connectivity index (χ2n) is 4.97. The van der Waals surface area contributed by atoms with Crippen LogP contribution < -0.4 is 0 Å². The number of carbonyl (C=O) groups is 1. The molecule has 74 valence electrons. The summed E-state index contributed by atoms with van der Waals surface area (Å²) in [5.41, 5.74) is -0.308. The van der Waals surface area contributed by atoms with Crippen molar-refractivity contribution < 1.29 is 9.90 Å². The fraction of sp³-hybridized carbons (Fsp3) is 0.727. The summed E-state index contributed by atoms with van der Waals surface area (Å²) < 4.78 is 0. The van der Waals surface area contributed by atoms with Crippen LogP contribution in [0.1, 0.15) is 40.5 Å². The van der Waals surface area contributed by atoms with Gasteiger partial charge in [-0.2, -0.15) is 0 Å². The molecule has 0 radical (unpaired) electrons. The van der Waals surface area contributed by atoms with Crippen molar-refractivity contribution in [1.29, 1.82) is 0 Å². The maximum atomic E-state index is 11.4. The SMILES string of the molecule is CC1=CCC(O)(C(C)(C)C)CC1=O. The van der Waals surface area contributed by atoms with Gasteiger partial charge in [0.05, 0.1) is 5.60 Å². The summed E-state index contributed by atoms with van der Waals surface area (Å²) in [5, 5.41) is 10.2. The molecule has 0 aromatic heterocycles. The van der Waals surface area contributed by atoms with Crippen molar-refractivity contribution in [2.75, 3.05) is 0 Å². The highest BCUT2D eigenvalue weighted by Gasteiger charge is 2.42. The summed E-state index contributed by atoms with van der Waals surface area (Å²) >= 11 is 0. The van der Waals surface area contributed by atoms with Crippen LogP contribution in [-0.2, 0) is 4.79 Å². The van der Waals surface area contributed by atoms with Gasteiger partial charge in [0.1, 0.15) is 0 Å². The number of carbonyl (C=O) groups excluding carboxylic acids is 1. The summed E-state index contributed by atoms with van der Waals surface area (Å²) in [6.07, 6.45) is 2.70. The van der Waals surface area contributed by atoms with Gasteiger partial charge >= 0.3 is 0 Å². The van der Waals surface area contributed by atoms with Crippen molar-refractivity contribution in [2.24, 2.45) is 5.41 Å². The summed E-state index contributed by atoms with van der Waals surface area (Å²) in [4.78, 5) is 11.4. The number of rotatable bonds is 0. The monoisotopic (exact) mass is 182 g/mol. The Morgan fingerprint density at radius 2 is 2.00 bits per heavy atom. The van der Waals surface area contributed by atoms with Gasteiger partial charge < -0.3 is 5.11 Å². The third-order valence-corrected chi connectivity index (χ3v) is 3.03. The van der Waals surface area contributed by atoms with Crippen molar-refractivity contribution in [1.82, 2.24) is 0 Å². The van der Waals surface area contributed by atoms with Crippen molar-refractivity contribution >= 4 is 5.78 Å². The molecular formula is C11H18O2. The Balaban J connectivity index is 2.94. The molecule has 1 atom stereocenters. The van der Waals surface area contributed by atoms with Gasteiger partial charge in [-0.05, 0) is 24.3 Å². The van der Waals surface area contributed by atoms with E-state index in [1.165, 1.54) is 0 Å². The Morgan fingerprint density at radius 1 is 1.46 bits per heavy atom. The van der Waals surface area contributed by atoms with Crippen LogP contribution in [0.25, 0.3) is 0 Å². The molecule has 13 heavy (non-hydrogen) atoms. The maximum Gasteiger partial charge on any atom is 0.161 e. The summed E-state index contributed by atoms with van der Waals surface area (Å²) in [6.45, 7) is 7.71. The molecule has 0 aromatic rings. The lowest BCUT2D eigenvalue weighted by atomic mass is 9.69. The van der Waals surface area contributed by atoms with Crippen molar-refractivity contribution in [3.63, 3.8) is 0 Å². The summed E-state index contributed by atoms with van der Waals surface area (Å²) in [7, 11) is 0. The van der Waals surface area contributed by atoms with Crippen LogP contribution in [0.15, 0.2) is 11.6 Å². The van der Waals surface area contributed by atoms with E-state index in [-0.39, 0.29) is 17.6 Å². The molecule has 2 heteroatoms. The molecular weight excluding hydrogens is 164 g/mol. The molecule has 1 aliphatic rings. The molecule has 0 heterocycles. The lowest BCUT2D eigenvalue weighted by Gasteiger charge is -2.41. The second kappa shape index (κ2) is 2.95. The van der Waals surface area contributed by atoms with E-state index < -0.39 is 5.60 Å². The molecule has 1 unspecified atom stereocenters. The molecule has 1 aliphatic carbocycles. The first-order valence-electron chi connectivity index (χ1n) is 4.69. The zero-order valence-corrected chi connectivity index (χ0v) is 8.85. The molecule has 1 N–H and O–H groups in total. The van der Waals surface area contributed by atoms with E-state index in [1.807, 2.05) is 33.8 Å². The van der Waals surface area contributed by atoms with Gasteiger partial charge in [-0.3, -0.25) is 4.79 Å². The Kier molecular flexibility index (Phi) is 2.37. The number of aliphatic hydroxyl groups is 1. The molecule has 0 saturated carbocycles. The highest BCUT2D eigenvalue weighted by atomic mass is 16.3. The van der Waals surface area contributed by atoms with Crippen molar-refractivity contribution in [3.05, 3.63) is 11.6 Å². The number of allylic oxidation sites excluding steroid dienone is 1. The Bertz CT molecular complexity index is 258. The van der Waals surface area contributed by atoms with E-state index in [1.54, 1.807) is 0 Å². The average Bonchev–Trinajstić information content (AvgIpc) is 1.95. The molecule has 2 nitrogen and oxygen atoms in total. The van der Waals surface area contributed by atoms with Crippen molar-refractivity contribution in [3.8, 4) is 0 Å². The van der Waals surface area contributed by atoms with Crippen LogP contribution in [0, 0.1) is 5.41 Å². The van der Waals surface area contributed by atoms with Gasteiger partial charge in [0, 0.05) is 6.42 Å². The zero-order chi connectivity index (χ0) is 10.3. The van der Waals surface area contributed by atoms with Crippen LogP contribution in [0.2, 0.25) is 0 Å². The van der Waals surface area contributed by atoms with Crippen LogP contribution >= 0.6 is 0 Å². The fourth-order valence-electron chi connectivity index (χ4n) is 1.48. The fourth-order valence-corrected chi connectivity index (χ4v) is 1.48. The molecule has 0 amide bonds. The molecule has 0 bridgehead atoms. The van der Waals surface area contributed by atoms with Crippen molar-refractivity contribution in [2.45, 2.75) is 46.1 Å². The third-order valence-electron chi connectivity index (χ3n) is 3.03. The topological polar surface area (TPSA) is 37.3 Å². The minimum absolute atomic E-state index is 0.0728. The second-order valence-corrected chi connectivity index (χ2v) is 4.97. The zero-order valence-electron chi connectivity index (χ0n) is 8.85. The first kappa shape index (κ1) is 10.5. The third kappa shape index (κ3) is 1.83. The lowest BCUT2D eigenvalue weighted by molar-refractivity contribution is -0.128. The van der Waals surface area contributed by atoms with Gasteiger partial charge in [-0.15, -0.1) is 0 Å². The van der Waals surface area contributed by atoms with Gasteiger partial charge in [0.2, 0.25) is 0 Å². The summed E-state index contributed by atoms with van der Waals surface area (Å²) in [5.74, 6) is 0.0728. The number of Topliss-reactive ketones (excluding diaryl/α,β-unsaturated/α-hetero) is 1. The molecule has 0 aliphatic heterocycles.